The first-order valence-electron chi connectivity index (χ1n) is 13.6. The maximum atomic E-state index is 11.4. The molecule has 0 unspecified atom stereocenters. The normalized spacial score (nSPS) is 11.1. The van der Waals surface area contributed by atoms with Gasteiger partial charge in [-0.1, -0.05) is 64.2 Å². The summed E-state index contributed by atoms with van der Waals surface area (Å²) in [6.45, 7) is 12.5. The summed E-state index contributed by atoms with van der Waals surface area (Å²) in [6.07, 6.45) is 5.56. The smallest absolute Gasteiger partial charge is 0.314 e. The van der Waals surface area contributed by atoms with Crippen LogP contribution in [0.1, 0.15) is 77.7 Å². The highest BCUT2D eigenvalue weighted by Gasteiger charge is 2.20. The maximum Gasteiger partial charge on any atom is 0.314 e. The molecular weight excluding hydrogens is 693 g/mol. The summed E-state index contributed by atoms with van der Waals surface area (Å²) in [5, 5.41) is 27.4. The number of rotatable bonds is 11. The number of anilines is 2. The zero-order valence-electron chi connectivity index (χ0n) is 26.4. The van der Waals surface area contributed by atoms with Crippen LogP contribution in [0.5, 0.6) is 0 Å². The van der Waals surface area contributed by atoms with Crippen LogP contribution in [0.3, 0.4) is 0 Å². The Bertz CT molecular complexity index is 1620. The van der Waals surface area contributed by atoms with Crippen LogP contribution in [-0.4, -0.2) is 59.1 Å². The van der Waals surface area contributed by atoms with Gasteiger partial charge in [0, 0.05) is 10.8 Å². The molecule has 0 fully saturated rings. The lowest BCUT2D eigenvalue weighted by molar-refractivity contribution is -0.147. The van der Waals surface area contributed by atoms with Crippen molar-refractivity contribution in [3.63, 3.8) is 0 Å². The van der Waals surface area contributed by atoms with E-state index in [0.29, 0.717) is 27.7 Å². The number of carboxylic acids is 3. The van der Waals surface area contributed by atoms with Crippen molar-refractivity contribution in [3.05, 3.63) is 48.1 Å². The third-order valence-corrected chi connectivity index (χ3v) is 9.21. The van der Waals surface area contributed by atoms with E-state index in [2.05, 4.69) is 66.8 Å². The van der Waals surface area contributed by atoms with Gasteiger partial charge in [-0.15, -0.1) is 23.5 Å². The molecule has 0 spiro atoms. The Hall–Kier alpha value is -3.94. The highest BCUT2D eigenvalue weighted by molar-refractivity contribution is 8.00. The number of aliphatic carboxylic acids is 3. The number of carboxylic acid groups (broad SMARTS) is 3. The van der Waals surface area contributed by atoms with Crippen LogP contribution in [0, 0.1) is 0 Å². The fourth-order valence-electron chi connectivity index (χ4n) is 2.87. The second-order valence-electron chi connectivity index (χ2n) is 11.4. The van der Waals surface area contributed by atoms with Crippen LogP contribution in [-0.2, 0) is 41.5 Å². The number of amides is 1. The van der Waals surface area contributed by atoms with Crippen molar-refractivity contribution in [1.82, 2.24) is 19.9 Å². The average Bonchev–Trinajstić information content (AvgIpc) is 3.72. The van der Waals surface area contributed by atoms with Crippen LogP contribution in [0.4, 0.5) is 10.3 Å². The fraction of sp³-hybridized carbons (Fsp3) is 0.429. The fourth-order valence-corrected chi connectivity index (χ4v) is 6.22. The predicted octanol–water partition coefficient (Wildman–Crippen LogP) is 5.98. The maximum absolute atomic E-state index is 11.4. The highest BCUT2D eigenvalue weighted by atomic mass is 32.2. The molecule has 4 rings (SSSR count). The number of nitrogens with one attached hydrogen (secondary N) is 1. The van der Waals surface area contributed by atoms with Gasteiger partial charge in [0.15, 0.2) is 10.3 Å². The summed E-state index contributed by atoms with van der Waals surface area (Å²) >= 11 is 5.89. The van der Waals surface area contributed by atoms with Gasteiger partial charge in [0.25, 0.3) is 0 Å². The van der Waals surface area contributed by atoms with Crippen LogP contribution in [0.15, 0.2) is 42.0 Å². The first-order valence-corrected chi connectivity index (χ1v) is 17.2. The molecule has 0 radical (unpaired) electrons. The van der Waals surface area contributed by atoms with Crippen molar-refractivity contribution in [2.45, 2.75) is 85.1 Å². The molecule has 6 N–H and O–H groups in total. The van der Waals surface area contributed by atoms with Gasteiger partial charge in [0.2, 0.25) is 17.7 Å². The third-order valence-electron chi connectivity index (χ3n) is 5.11. The molecule has 4 heterocycles. The SMILES string of the molecule is CC(C)(C)c1cnc(CSc2cnc(N)s2)o1.CC(C)(C)c1cnc(CSc2cnc(NC(=O)CC(=O)O)s2)o1.O=C(O)CC(=O)O. The number of aromatic nitrogens is 4. The van der Waals surface area contributed by atoms with Gasteiger partial charge in [-0.05, 0) is 0 Å². The average molecular weight is 729 g/mol. The minimum Gasteiger partial charge on any atom is -0.481 e. The first kappa shape index (κ1) is 39.2. The van der Waals surface area contributed by atoms with Crippen LogP contribution < -0.4 is 11.1 Å². The monoisotopic (exact) mass is 728 g/mol. The number of carbonyl (C=O) groups is 4. The Morgan fingerprint density at radius 2 is 1.17 bits per heavy atom. The predicted molar refractivity (Wildman–Crippen MR) is 179 cm³/mol. The Balaban J connectivity index is 0.000000280. The molecule has 4 aromatic heterocycles. The number of thiazole rings is 2. The Labute approximate surface area is 286 Å². The number of oxazole rings is 2. The molecular formula is C28H36N6O9S4. The molecule has 1 amide bonds. The van der Waals surface area contributed by atoms with E-state index in [1.807, 2.05) is 0 Å². The van der Waals surface area contributed by atoms with Gasteiger partial charge in [0.05, 0.1) is 44.7 Å². The van der Waals surface area contributed by atoms with Crippen molar-refractivity contribution >= 4 is 80.3 Å². The summed E-state index contributed by atoms with van der Waals surface area (Å²) in [7, 11) is 0. The first-order chi connectivity index (χ1) is 21.8. The molecule has 256 valence electrons. The van der Waals surface area contributed by atoms with Gasteiger partial charge in [-0.3, -0.25) is 19.2 Å². The number of carbonyl (C=O) groups excluding carboxylic acids is 1. The number of hydrogen-bond donors (Lipinski definition) is 5. The van der Waals surface area contributed by atoms with E-state index in [-0.39, 0.29) is 10.8 Å². The molecule has 15 nitrogen and oxygen atoms in total. The minimum absolute atomic E-state index is 0.00479. The van der Waals surface area contributed by atoms with E-state index < -0.39 is 36.7 Å². The van der Waals surface area contributed by atoms with Crippen molar-refractivity contribution in [2.24, 2.45) is 0 Å². The van der Waals surface area contributed by atoms with E-state index >= 15 is 0 Å². The van der Waals surface area contributed by atoms with Crippen LogP contribution in [0.2, 0.25) is 0 Å². The van der Waals surface area contributed by atoms with Crippen molar-refractivity contribution in [1.29, 1.82) is 0 Å². The van der Waals surface area contributed by atoms with Crippen molar-refractivity contribution < 1.29 is 43.3 Å². The van der Waals surface area contributed by atoms with E-state index in [1.165, 1.54) is 34.4 Å². The summed E-state index contributed by atoms with van der Waals surface area (Å²) in [4.78, 5) is 57.2. The number of nitrogens with zero attached hydrogens (tertiary/aromatic N) is 4. The van der Waals surface area contributed by atoms with Crippen LogP contribution in [0.25, 0.3) is 0 Å². The molecule has 19 heteroatoms. The third kappa shape index (κ3) is 15.5. The second kappa shape index (κ2) is 17.8. The molecule has 0 saturated carbocycles. The minimum atomic E-state index is -1.31. The lowest BCUT2D eigenvalue weighted by atomic mass is 9.94. The van der Waals surface area contributed by atoms with Gasteiger partial charge >= 0.3 is 17.9 Å². The summed E-state index contributed by atoms with van der Waals surface area (Å²) in [5.74, 6) is -0.0101. The molecule has 0 aliphatic rings. The molecule has 0 saturated heterocycles. The lowest BCUT2D eigenvalue weighted by Gasteiger charge is -2.12. The highest BCUT2D eigenvalue weighted by Crippen LogP contribution is 2.32. The van der Waals surface area contributed by atoms with Gasteiger partial charge in [-0.2, -0.15) is 0 Å². The quantitative estimate of drug-likeness (QED) is 0.0880. The number of nitrogens with two attached hydrogens (primary N) is 1. The standard InChI is InChI=1S/C14H17N3O4S2.C11H15N3OS2.C3H4O4/c1-14(2,3)8-5-15-10(21-8)7-22-12-6-16-13(23-12)17-9(18)4-11(19)20;1-11(2,3)7-4-13-8(15-7)6-16-9-5-14-10(12)17-9;4-2(5)1-3(6)7/h5-6H,4,7H2,1-3H3,(H,19,20)(H,16,17,18);4-5H,6H2,1-3H3,(H2,12,14);1H2,(H,4,5)(H,6,7). The largest absolute Gasteiger partial charge is 0.481 e. The van der Waals surface area contributed by atoms with Crippen LogP contribution >= 0.6 is 46.2 Å². The molecule has 47 heavy (non-hydrogen) atoms. The van der Waals surface area contributed by atoms with Crippen molar-refractivity contribution in [2.75, 3.05) is 11.1 Å². The Kier molecular flexibility index (Phi) is 14.9. The van der Waals surface area contributed by atoms with Gasteiger partial charge in [-0.25, -0.2) is 19.9 Å². The second-order valence-corrected chi connectivity index (χ2v) is 16.0. The topological polar surface area (TPSA) is 245 Å². The van der Waals surface area contributed by atoms with Gasteiger partial charge < -0.3 is 35.2 Å². The van der Waals surface area contributed by atoms with E-state index in [4.69, 9.17) is 29.9 Å². The zero-order valence-corrected chi connectivity index (χ0v) is 29.7. The van der Waals surface area contributed by atoms with E-state index in [0.717, 1.165) is 25.8 Å². The summed E-state index contributed by atoms with van der Waals surface area (Å²) in [5.41, 5.74) is 5.49. The molecule has 0 aliphatic heterocycles. The number of nitrogen functional groups attached to an aromatic ring is 1. The molecule has 0 aromatic carbocycles. The molecule has 0 bridgehead atoms. The number of hydrogen-bond acceptors (Lipinski definition) is 15. The zero-order chi connectivity index (χ0) is 35.4. The molecule has 4 aromatic rings. The molecule has 0 aliphatic carbocycles. The van der Waals surface area contributed by atoms with E-state index in [9.17, 15) is 19.2 Å². The lowest BCUT2D eigenvalue weighted by Crippen LogP contribution is -2.15. The van der Waals surface area contributed by atoms with E-state index in [1.54, 1.807) is 36.5 Å². The summed E-state index contributed by atoms with van der Waals surface area (Å²) in [6, 6.07) is 0. The molecule has 0 atom stereocenters. The van der Waals surface area contributed by atoms with Gasteiger partial charge in [0.1, 0.15) is 24.4 Å². The van der Waals surface area contributed by atoms with Crippen molar-refractivity contribution in [3.8, 4) is 0 Å². The summed E-state index contributed by atoms with van der Waals surface area (Å²) < 4.78 is 13.4. The number of thioether (sulfide) groups is 2. The Morgan fingerprint density at radius 3 is 1.53 bits per heavy atom. The Morgan fingerprint density at radius 1 is 0.723 bits per heavy atom.